The van der Waals surface area contributed by atoms with Gasteiger partial charge in [0, 0.05) is 31.6 Å². The number of hydrogen-bond acceptors (Lipinski definition) is 2. The lowest BCUT2D eigenvalue weighted by Crippen LogP contribution is -2.09. The normalized spacial score (nSPS) is 13.0. The third-order valence-electron chi connectivity index (χ3n) is 3.96. The number of hydrogen-bond donors (Lipinski definition) is 2. The molecule has 0 saturated heterocycles. The van der Waals surface area contributed by atoms with E-state index in [4.69, 9.17) is 5.73 Å². The van der Waals surface area contributed by atoms with E-state index in [9.17, 15) is 0 Å². The molecule has 3 N–H and O–H groups in total. The molecule has 0 radical (unpaired) electrons. The highest BCUT2D eigenvalue weighted by atomic mass is 32.1. The summed E-state index contributed by atoms with van der Waals surface area (Å²) in [6.07, 6.45) is 0. The Labute approximate surface area is 127 Å². The molecule has 21 heavy (non-hydrogen) atoms. The molecule has 2 heterocycles. The van der Waals surface area contributed by atoms with Gasteiger partial charge in [-0.25, -0.2) is 0 Å². The summed E-state index contributed by atoms with van der Waals surface area (Å²) < 4.78 is 0. The summed E-state index contributed by atoms with van der Waals surface area (Å²) in [5, 5.41) is 2.50. The van der Waals surface area contributed by atoms with Crippen molar-refractivity contribution < 1.29 is 0 Å². The van der Waals surface area contributed by atoms with Gasteiger partial charge in [-0.3, -0.25) is 0 Å². The zero-order valence-electron chi connectivity index (χ0n) is 11.8. The number of para-hydroxylation sites is 1. The maximum atomic E-state index is 6.43. The van der Waals surface area contributed by atoms with Gasteiger partial charge >= 0.3 is 0 Å². The number of fused-ring (bicyclic) bond motifs is 3. The summed E-state index contributed by atoms with van der Waals surface area (Å²) in [4.78, 5) is 5.96. The second kappa shape index (κ2) is 4.72. The SMILES string of the molecule is Cc1ccc(C(N)c2ccc3[nH]c4ccccc4c3c2)s1. The van der Waals surface area contributed by atoms with Gasteiger partial charge in [-0.1, -0.05) is 24.3 Å². The minimum atomic E-state index is -0.0539. The lowest BCUT2D eigenvalue weighted by Gasteiger charge is -2.10. The minimum absolute atomic E-state index is 0.0539. The minimum Gasteiger partial charge on any atom is -0.355 e. The van der Waals surface area contributed by atoms with E-state index in [1.165, 1.54) is 26.0 Å². The molecule has 0 spiro atoms. The van der Waals surface area contributed by atoms with E-state index in [1.54, 1.807) is 11.3 Å². The second-order valence-corrected chi connectivity index (χ2v) is 6.72. The third-order valence-corrected chi connectivity index (χ3v) is 5.04. The highest BCUT2D eigenvalue weighted by Gasteiger charge is 2.13. The molecule has 2 aromatic carbocycles. The molecule has 0 bridgehead atoms. The van der Waals surface area contributed by atoms with Crippen molar-refractivity contribution in [2.24, 2.45) is 5.73 Å². The van der Waals surface area contributed by atoms with Gasteiger partial charge < -0.3 is 10.7 Å². The lowest BCUT2D eigenvalue weighted by atomic mass is 10.0. The second-order valence-electron chi connectivity index (χ2n) is 5.40. The Morgan fingerprint density at radius 3 is 2.57 bits per heavy atom. The molecule has 0 aliphatic heterocycles. The molecule has 2 aromatic heterocycles. The fraction of sp³-hybridized carbons (Fsp3) is 0.111. The Bertz CT molecular complexity index is 933. The molecule has 4 rings (SSSR count). The van der Waals surface area contributed by atoms with E-state index < -0.39 is 0 Å². The average Bonchev–Trinajstić information content (AvgIpc) is 3.09. The molecular weight excluding hydrogens is 276 g/mol. The fourth-order valence-corrected chi connectivity index (χ4v) is 3.75. The first-order valence-corrected chi connectivity index (χ1v) is 7.86. The maximum Gasteiger partial charge on any atom is 0.0646 e. The van der Waals surface area contributed by atoms with Crippen LogP contribution in [0.5, 0.6) is 0 Å². The third kappa shape index (κ3) is 2.06. The topological polar surface area (TPSA) is 41.8 Å². The van der Waals surface area contributed by atoms with Crippen LogP contribution in [0.1, 0.15) is 21.4 Å². The van der Waals surface area contributed by atoms with Crippen LogP contribution >= 0.6 is 11.3 Å². The predicted molar refractivity (Wildman–Crippen MR) is 90.9 cm³/mol. The number of benzene rings is 2. The van der Waals surface area contributed by atoms with Gasteiger partial charge in [-0.2, -0.15) is 0 Å². The fourth-order valence-electron chi connectivity index (χ4n) is 2.84. The number of aryl methyl sites for hydroxylation is 1. The average molecular weight is 292 g/mol. The summed E-state index contributed by atoms with van der Waals surface area (Å²) in [5.74, 6) is 0. The number of nitrogens with one attached hydrogen (secondary N) is 1. The van der Waals surface area contributed by atoms with Gasteiger partial charge in [0.2, 0.25) is 0 Å². The van der Waals surface area contributed by atoms with Crippen molar-refractivity contribution in [3.8, 4) is 0 Å². The molecule has 0 aliphatic carbocycles. The highest BCUT2D eigenvalue weighted by Crippen LogP contribution is 2.31. The van der Waals surface area contributed by atoms with Crippen LogP contribution in [0.2, 0.25) is 0 Å². The standard InChI is InChI=1S/C18H16N2S/c1-11-6-9-17(21-11)18(19)12-7-8-16-14(10-12)13-4-2-3-5-15(13)20-16/h2-10,18,20H,19H2,1H3. The summed E-state index contributed by atoms with van der Waals surface area (Å²) in [6.45, 7) is 2.11. The number of thiophene rings is 1. The summed E-state index contributed by atoms with van der Waals surface area (Å²) in [5.41, 5.74) is 9.93. The van der Waals surface area contributed by atoms with Gasteiger partial charge in [0.1, 0.15) is 0 Å². The monoisotopic (exact) mass is 292 g/mol. The molecule has 0 saturated carbocycles. The molecule has 3 heteroatoms. The highest BCUT2D eigenvalue weighted by molar-refractivity contribution is 7.12. The predicted octanol–water partition coefficient (Wildman–Crippen LogP) is 4.74. The Hall–Kier alpha value is -2.10. The molecule has 4 aromatic rings. The van der Waals surface area contributed by atoms with Crippen molar-refractivity contribution in [1.82, 2.24) is 4.98 Å². The summed E-state index contributed by atoms with van der Waals surface area (Å²) in [7, 11) is 0. The maximum absolute atomic E-state index is 6.43. The van der Waals surface area contributed by atoms with E-state index in [0.29, 0.717) is 0 Å². The van der Waals surface area contributed by atoms with Crippen LogP contribution < -0.4 is 5.73 Å². The van der Waals surface area contributed by atoms with Crippen molar-refractivity contribution in [3.63, 3.8) is 0 Å². The number of aromatic nitrogens is 1. The Balaban J connectivity index is 1.88. The summed E-state index contributed by atoms with van der Waals surface area (Å²) >= 11 is 1.77. The molecule has 1 unspecified atom stereocenters. The molecule has 2 nitrogen and oxygen atoms in total. The summed E-state index contributed by atoms with van der Waals surface area (Å²) in [6, 6.07) is 19.1. The Morgan fingerprint density at radius 1 is 0.952 bits per heavy atom. The van der Waals surface area contributed by atoms with Crippen LogP contribution in [0, 0.1) is 6.92 Å². The van der Waals surface area contributed by atoms with Gasteiger partial charge in [-0.05, 0) is 42.8 Å². The van der Waals surface area contributed by atoms with Crippen LogP contribution in [0.25, 0.3) is 21.8 Å². The van der Waals surface area contributed by atoms with E-state index in [-0.39, 0.29) is 6.04 Å². The van der Waals surface area contributed by atoms with E-state index >= 15 is 0 Å². The van der Waals surface area contributed by atoms with Crippen LogP contribution in [-0.4, -0.2) is 4.98 Å². The van der Waals surface area contributed by atoms with Crippen LogP contribution in [0.15, 0.2) is 54.6 Å². The molecule has 0 fully saturated rings. The van der Waals surface area contributed by atoms with E-state index in [0.717, 1.165) is 11.1 Å². The number of nitrogens with two attached hydrogens (primary N) is 1. The van der Waals surface area contributed by atoms with Crippen LogP contribution in [0.3, 0.4) is 0 Å². The zero-order valence-corrected chi connectivity index (χ0v) is 12.6. The first-order chi connectivity index (χ1) is 10.2. The Morgan fingerprint density at radius 2 is 1.76 bits per heavy atom. The number of H-pyrrole nitrogens is 1. The molecule has 104 valence electrons. The first kappa shape index (κ1) is 12.6. The first-order valence-electron chi connectivity index (χ1n) is 7.04. The largest absolute Gasteiger partial charge is 0.355 e. The Kier molecular flexibility index (Phi) is 2.84. The van der Waals surface area contributed by atoms with Crippen molar-refractivity contribution in [1.29, 1.82) is 0 Å². The molecule has 0 aliphatic rings. The lowest BCUT2D eigenvalue weighted by molar-refractivity contribution is 0.896. The van der Waals surface area contributed by atoms with Gasteiger partial charge in [-0.15, -0.1) is 11.3 Å². The zero-order chi connectivity index (χ0) is 14.4. The van der Waals surface area contributed by atoms with Crippen molar-refractivity contribution in [2.45, 2.75) is 13.0 Å². The number of rotatable bonds is 2. The smallest absolute Gasteiger partial charge is 0.0646 e. The molecule has 0 amide bonds. The van der Waals surface area contributed by atoms with E-state index in [2.05, 4.69) is 66.5 Å². The van der Waals surface area contributed by atoms with Crippen molar-refractivity contribution in [2.75, 3.05) is 0 Å². The van der Waals surface area contributed by atoms with Crippen molar-refractivity contribution in [3.05, 3.63) is 69.9 Å². The van der Waals surface area contributed by atoms with Crippen LogP contribution in [0.4, 0.5) is 0 Å². The van der Waals surface area contributed by atoms with E-state index in [1.807, 2.05) is 0 Å². The van der Waals surface area contributed by atoms with Crippen molar-refractivity contribution >= 4 is 33.1 Å². The molecular formula is C18H16N2S. The van der Waals surface area contributed by atoms with Gasteiger partial charge in [0.15, 0.2) is 0 Å². The van der Waals surface area contributed by atoms with Gasteiger partial charge in [0.25, 0.3) is 0 Å². The molecule has 1 atom stereocenters. The van der Waals surface area contributed by atoms with Crippen LogP contribution in [-0.2, 0) is 0 Å². The number of aromatic amines is 1. The van der Waals surface area contributed by atoms with Gasteiger partial charge in [0.05, 0.1) is 6.04 Å². The quantitative estimate of drug-likeness (QED) is 0.550.